The first-order valence-corrected chi connectivity index (χ1v) is 13.2. The van der Waals surface area contributed by atoms with Crippen LogP contribution in [0.25, 0.3) is 10.6 Å². The van der Waals surface area contributed by atoms with Gasteiger partial charge in [-0.1, -0.05) is 29.5 Å². The van der Waals surface area contributed by atoms with Crippen LogP contribution in [0.1, 0.15) is 47.0 Å². The number of halogens is 6. The molecule has 0 radical (unpaired) electrons. The zero-order chi connectivity index (χ0) is 27.9. The van der Waals surface area contributed by atoms with Gasteiger partial charge in [-0.3, -0.25) is 0 Å². The quantitative estimate of drug-likeness (QED) is 0.131. The summed E-state index contributed by atoms with van der Waals surface area (Å²) < 4.78 is 89.6. The third-order valence-electron chi connectivity index (χ3n) is 5.28. The van der Waals surface area contributed by atoms with Crippen LogP contribution in [0, 0.1) is 0 Å². The minimum Gasteiger partial charge on any atom is -0.493 e. The summed E-state index contributed by atoms with van der Waals surface area (Å²) in [7, 11) is -2.61. The molecule has 7 nitrogen and oxygen atoms in total. The van der Waals surface area contributed by atoms with E-state index >= 15 is 0 Å². The molecule has 3 rings (SSSR count). The summed E-state index contributed by atoms with van der Waals surface area (Å²) in [6.07, 6.45) is -7.18. The predicted octanol–water partition coefficient (Wildman–Crippen LogP) is 6.26. The topological polar surface area (TPSA) is 111 Å². The molecule has 208 valence electrons. The van der Waals surface area contributed by atoms with Crippen molar-refractivity contribution in [1.82, 2.24) is 10.2 Å². The summed E-state index contributed by atoms with van der Waals surface area (Å²) in [5.74, 6) is -0.354. The monoisotopic (exact) mass is 583 g/mol. The molecule has 0 spiro atoms. The van der Waals surface area contributed by atoms with Gasteiger partial charge in [-0.2, -0.15) is 26.3 Å². The zero-order valence-electron chi connectivity index (χ0n) is 19.7. The highest BCUT2D eigenvalue weighted by Crippen LogP contribution is 2.40. The van der Waals surface area contributed by atoms with Crippen molar-refractivity contribution < 1.29 is 45.4 Å². The number of nitrogens with two attached hydrogens (primary N) is 1. The second-order valence-electron chi connectivity index (χ2n) is 8.17. The van der Waals surface area contributed by atoms with Gasteiger partial charge < -0.3 is 24.8 Å². The smallest absolute Gasteiger partial charge is 0.419 e. The second kappa shape index (κ2) is 13.1. The number of rotatable bonds is 12. The van der Waals surface area contributed by atoms with Gasteiger partial charge >= 0.3 is 21.0 Å². The zero-order valence-corrected chi connectivity index (χ0v) is 21.4. The number of hydrogen-bond acceptors (Lipinski definition) is 8. The standard InChI is InChI=1S/C23H24F6N3O4PS/c24-22(25,26)16-7-4-6-14(11-16)5-2-1-3-10-35-19-9-8-15(12-17(19)23(27,28)29)20-31-32-21(38-20)18(30)13-36-37(33)34/h4,6-9,11-12,18,33-34H,1-3,5,10,13,30H2. The van der Waals surface area contributed by atoms with E-state index in [0.717, 1.165) is 29.5 Å². The highest BCUT2D eigenvalue weighted by molar-refractivity contribution is 7.39. The minimum absolute atomic E-state index is 0.00107. The Bertz CT molecular complexity index is 1190. The third-order valence-corrected chi connectivity index (χ3v) is 6.77. The van der Waals surface area contributed by atoms with Crippen LogP contribution in [0.5, 0.6) is 5.75 Å². The van der Waals surface area contributed by atoms with Gasteiger partial charge in [0.1, 0.15) is 15.8 Å². The van der Waals surface area contributed by atoms with Crippen LogP contribution in [-0.2, 0) is 23.3 Å². The first kappa shape index (κ1) is 30.2. The Kier molecular flexibility index (Phi) is 10.4. The first-order chi connectivity index (χ1) is 17.8. The van der Waals surface area contributed by atoms with Gasteiger partial charge in [-0.15, -0.1) is 10.2 Å². The molecule has 0 saturated heterocycles. The van der Waals surface area contributed by atoms with E-state index in [0.29, 0.717) is 31.2 Å². The van der Waals surface area contributed by atoms with E-state index in [9.17, 15) is 26.3 Å². The van der Waals surface area contributed by atoms with Gasteiger partial charge in [0.15, 0.2) is 0 Å². The number of aryl methyl sites for hydroxylation is 1. The Morgan fingerprint density at radius 3 is 2.39 bits per heavy atom. The fourth-order valence-corrected chi connectivity index (χ4v) is 4.54. The Morgan fingerprint density at radius 1 is 0.947 bits per heavy atom. The Hall–Kier alpha value is -2.35. The number of alkyl halides is 6. The predicted molar refractivity (Wildman–Crippen MR) is 129 cm³/mol. The molecule has 1 unspecified atom stereocenters. The van der Waals surface area contributed by atoms with E-state index in [1.165, 1.54) is 18.2 Å². The molecule has 1 atom stereocenters. The van der Waals surface area contributed by atoms with E-state index in [4.69, 9.17) is 20.3 Å². The number of aromatic nitrogens is 2. The molecule has 0 aliphatic rings. The van der Waals surface area contributed by atoms with E-state index in [1.54, 1.807) is 6.07 Å². The van der Waals surface area contributed by atoms with E-state index in [-0.39, 0.29) is 34.5 Å². The molecular formula is C23H24F6N3O4PS. The van der Waals surface area contributed by atoms with Gasteiger partial charge in [0.25, 0.3) is 0 Å². The maximum Gasteiger partial charge on any atom is 0.419 e. The molecule has 0 aliphatic carbocycles. The van der Waals surface area contributed by atoms with E-state index < -0.39 is 38.1 Å². The maximum absolute atomic E-state index is 13.7. The summed E-state index contributed by atoms with van der Waals surface area (Å²) in [5.41, 5.74) is 4.81. The molecule has 0 saturated carbocycles. The first-order valence-electron chi connectivity index (χ1n) is 11.2. The lowest BCUT2D eigenvalue weighted by atomic mass is 10.0. The molecule has 0 bridgehead atoms. The average Bonchev–Trinajstić information content (AvgIpc) is 3.34. The van der Waals surface area contributed by atoms with Gasteiger partial charge in [0.05, 0.1) is 30.4 Å². The number of nitrogens with zero attached hydrogens (tertiary/aromatic N) is 2. The third kappa shape index (κ3) is 8.85. The van der Waals surface area contributed by atoms with Gasteiger partial charge in [0, 0.05) is 5.56 Å². The van der Waals surface area contributed by atoms with Crippen molar-refractivity contribution in [2.45, 2.75) is 44.1 Å². The van der Waals surface area contributed by atoms with Gasteiger partial charge in [0.2, 0.25) is 0 Å². The summed E-state index contributed by atoms with van der Waals surface area (Å²) in [6.45, 7) is -0.255. The molecule has 38 heavy (non-hydrogen) atoms. The molecule has 4 N–H and O–H groups in total. The van der Waals surface area contributed by atoms with Crippen LogP contribution >= 0.6 is 19.9 Å². The summed E-state index contributed by atoms with van der Waals surface area (Å²) in [5, 5.41) is 8.13. The Balaban J connectivity index is 1.57. The van der Waals surface area contributed by atoms with Crippen molar-refractivity contribution in [2.75, 3.05) is 13.2 Å². The lowest BCUT2D eigenvalue weighted by Crippen LogP contribution is -2.15. The number of hydrogen-bond donors (Lipinski definition) is 3. The van der Waals surface area contributed by atoms with Gasteiger partial charge in [-0.05, 0) is 55.5 Å². The van der Waals surface area contributed by atoms with E-state index in [2.05, 4.69) is 14.7 Å². The molecule has 0 amide bonds. The highest BCUT2D eigenvalue weighted by atomic mass is 32.1. The van der Waals surface area contributed by atoms with E-state index in [1.807, 2.05) is 0 Å². The van der Waals surface area contributed by atoms with Crippen molar-refractivity contribution in [2.24, 2.45) is 5.73 Å². The SMILES string of the molecule is NC(COP(O)O)c1nnc(-c2ccc(OCCCCCc3cccc(C(F)(F)F)c3)c(C(F)(F)F)c2)s1. The van der Waals surface area contributed by atoms with Crippen molar-refractivity contribution in [3.05, 3.63) is 64.2 Å². The van der Waals surface area contributed by atoms with Crippen LogP contribution in [0.4, 0.5) is 26.3 Å². The number of ether oxygens (including phenoxy) is 1. The largest absolute Gasteiger partial charge is 0.493 e. The Labute approximate surface area is 219 Å². The molecular weight excluding hydrogens is 559 g/mol. The normalized spacial score (nSPS) is 13.2. The van der Waals surface area contributed by atoms with Crippen molar-refractivity contribution in [1.29, 1.82) is 0 Å². The lowest BCUT2D eigenvalue weighted by Gasteiger charge is -2.15. The van der Waals surface area contributed by atoms with Crippen molar-refractivity contribution >= 4 is 19.9 Å². The molecule has 1 heterocycles. The molecule has 15 heteroatoms. The number of benzene rings is 2. The molecule has 0 fully saturated rings. The van der Waals surface area contributed by atoms with Crippen molar-refractivity contribution in [3.63, 3.8) is 0 Å². The van der Waals surface area contributed by atoms with Crippen LogP contribution in [0.15, 0.2) is 42.5 Å². The van der Waals surface area contributed by atoms with Crippen molar-refractivity contribution in [3.8, 4) is 16.3 Å². The fraction of sp³-hybridized carbons (Fsp3) is 0.391. The maximum atomic E-state index is 13.7. The summed E-state index contributed by atoms with van der Waals surface area (Å²) in [4.78, 5) is 17.6. The average molecular weight is 583 g/mol. The van der Waals surface area contributed by atoms with Crippen LogP contribution < -0.4 is 10.5 Å². The molecule has 3 aromatic rings. The van der Waals surface area contributed by atoms with Gasteiger partial charge in [-0.25, -0.2) is 0 Å². The lowest BCUT2D eigenvalue weighted by molar-refractivity contribution is -0.139. The summed E-state index contributed by atoms with van der Waals surface area (Å²) in [6, 6.07) is 7.70. The minimum atomic E-state index is -4.70. The Morgan fingerprint density at radius 2 is 1.71 bits per heavy atom. The van der Waals surface area contributed by atoms with Crippen LogP contribution in [-0.4, -0.2) is 33.2 Å². The molecule has 1 aromatic heterocycles. The molecule has 2 aromatic carbocycles. The van der Waals surface area contributed by atoms with Crippen LogP contribution in [0.3, 0.4) is 0 Å². The molecule has 0 aliphatic heterocycles. The highest BCUT2D eigenvalue weighted by Gasteiger charge is 2.35. The van der Waals surface area contributed by atoms with Crippen LogP contribution in [0.2, 0.25) is 0 Å². The fourth-order valence-electron chi connectivity index (χ4n) is 3.42. The summed E-state index contributed by atoms with van der Waals surface area (Å²) >= 11 is 0.944. The number of unbranched alkanes of at least 4 members (excludes halogenated alkanes) is 2. The second-order valence-corrected chi connectivity index (χ2v) is 9.94.